The van der Waals surface area contributed by atoms with Gasteiger partial charge in [0.15, 0.2) is 0 Å². The summed E-state index contributed by atoms with van der Waals surface area (Å²) in [4.78, 5) is 0. The Morgan fingerprint density at radius 2 is 1.54 bits per heavy atom. The van der Waals surface area contributed by atoms with Gasteiger partial charge < -0.3 is 5.11 Å². The van der Waals surface area contributed by atoms with Gasteiger partial charge in [0.25, 0.3) is 0 Å². The first-order valence-electron chi connectivity index (χ1n) is 7.74. The largest absolute Gasteiger partial charge is 0.380 e. The molecule has 0 spiro atoms. The van der Waals surface area contributed by atoms with E-state index in [1.54, 1.807) is 4.68 Å². The molecule has 0 saturated heterocycles. The molecule has 1 aliphatic carbocycles. The van der Waals surface area contributed by atoms with Crippen molar-refractivity contribution in [3.8, 4) is 0 Å². The summed E-state index contributed by atoms with van der Waals surface area (Å²) in [6, 6.07) is 19.6. The van der Waals surface area contributed by atoms with Gasteiger partial charge in [-0.15, -0.1) is 10.2 Å². The van der Waals surface area contributed by atoms with Gasteiger partial charge in [-0.05, 0) is 22.8 Å². The molecule has 5 nitrogen and oxygen atoms in total. The van der Waals surface area contributed by atoms with E-state index < -0.39 is 5.60 Å². The number of rotatable bonds is 3. The monoisotopic (exact) mass is 316 g/mol. The molecule has 24 heavy (non-hydrogen) atoms. The second-order valence-corrected chi connectivity index (χ2v) is 5.76. The number of aromatic nitrogens is 3. The molecule has 118 valence electrons. The highest BCUT2D eigenvalue weighted by Gasteiger charge is 2.40. The maximum Gasteiger partial charge on any atom is 0.141 e. The zero-order valence-corrected chi connectivity index (χ0v) is 12.9. The van der Waals surface area contributed by atoms with E-state index >= 15 is 0 Å². The van der Waals surface area contributed by atoms with Crippen LogP contribution in [0.1, 0.15) is 17.5 Å². The highest BCUT2D eigenvalue weighted by atomic mass is 16.3. The van der Waals surface area contributed by atoms with E-state index in [0.29, 0.717) is 6.42 Å². The zero-order chi connectivity index (χ0) is 16.4. The van der Waals surface area contributed by atoms with Gasteiger partial charge in [-0.3, -0.25) is 0 Å². The van der Waals surface area contributed by atoms with Crippen LogP contribution < -0.4 is 0 Å². The van der Waals surface area contributed by atoms with Crippen LogP contribution in [0.5, 0.6) is 0 Å². The van der Waals surface area contributed by atoms with Gasteiger partial charge in [-0.25, -0.2) is 4.68 Å². The van der Waals surface area contributed by atoms with Gasteiger partial charge in [-0.1, -0.05) is 60.7 Å². The van der Waals surface area contributed by atoms with Gasteiger partial charge in [-0.2, -0.15) is 5.10 Å². The van der Waals surface area contributed by atoms with E-state index in [-0.39, 0.29) is 0 Å². The third kappa shape index (κ3) is 2.55. The lowest BCUT2D eigenvalue weighted by Gasteiger charge is -2.27. The molecule has 1 atom stereocenters. The van der Waals surface area contributed by atoms with Gasteiger partial charge in [0.1, 0.15) is 18.3 Å². The number of benzene rings is 2. The molecule has 0 bridgehead atoms. The number of allylic oxidation sites excluding steroid dienone is 1. The van der Waals surface area contributed by atoms with Crippen LogP contribution >= 0.6 is 0 Å². The number of aliphatic hydroxyl groups is 1. The van der Waals surface area contributed by atoms with Gasteiger partial charge in [0, 0.05) is 6.42 Å². The van der Waals surface area contributed by atoms with Crippen molar-refractivity contribution < 1.29 is 5.11 Å². The molecule has 0 saturated carbocycles. The molecule has 4 rings (SSSR count). The summed E-state index contributed by atoms with van der Waals surface area (Å²) in [6.45, 7) is 0. The minimum absolute atomic E-state index is 0.402. The number of nitrogens with zero attached hydrogens (tertiary/aromatic N) is 4. The molecule has 1 unspecified atom stereocenters. The normalized spacial score (nSPS) is 21.9. The Morgan fingerprint density at radius 1 is 0.917 bits per heavy atom. The molecule has 1 aliphatic rings. The van der Waals surface area contributed by atoms with Gasteiger partial charge in [0.2, 0.25) is 0 Å². The maximum atomic E-state index is 11.5. The van der Waals surface area contributed by atoms with Crippen LogP contribution in [0.3, 0.4) is 0 Å². The topological polar surface area (TPSA) is 63.3 Å². The summed E-state index contributed by atoms with van der Waals surface area (Å²) in [5.74, 6) is 0. The second kappa shape index (κ2) is 5.86. The average molecular weight is 316 g/mol. The van der Waals surface area contributed by atoms with Crippen molar-refractivity contribution in [2.45, 2.75) is 12.0 Å². The fourth-order valence-corrected chi connectivity index (χ4v) is 3.07. The minimum Gasteiger partial charge on any atom is -0.380 e. The lowest BCUT2D eigenvalue weighted by molar-refractivity contribution is 0.113. The molecule has 3 aromatic rings. The molecular formula is C19H16N4O. The SMILES string of the molecule is OC1(c2ccccc2)C/C(=N/n2cnnc2)C=C1c1ccccc1. The van der Waals surface area contributed by atoms with Crippen LogP contribution in [-0.2, 0) is 5.60 Å². The van der Waals surface area contributed by atoms with Crippen molar-refractivity contribution in [2.75, 3.05) is 0 Å². The van der Waals surface area contributed by atoms with Crippen LogP contribution in [0.4, 0.5) is 0 Å². The number of hydrogen-bond donors (Lipinski definition) is 1. The van der Waals surface area contributed by atoms with Crippen LogP contribution in [-0.4, -0.2) is 25.7 Å². The van der Waals surface area contributed by atoms with Crippen LogP contribution in [0, 0.1) is 0 Å². The predicted octanol–water partition coefficient (Wildman–Crippen LogP) is 2.86. The molecule has 1 aromatic heterocycles. The van der Waals surface area contributed by atoms with E-state index in [1.165, 1.54) is 12.7 Å². The Balaban J connectivity index is 1.83. The lowest BCUT2D eigenvalue weighted by Crippen LogP contribution is -2.25. The zero-order valence-electron chi connectivity index (χ0n) is 12.9. The molecule has 5 heteroatoms. The summed E-state index contributed by atoms with van der Waals surface area (Å²) in [6.07, 6.45) is 5.41. The minimum atomic E-state index is -1.10. The van der Waals surface area contributed by atoms with E-state index in [9.17, 15) is 5.11 Å². The van der Waals surface area contributed by atoms with Crippen molar-refractivity contribution in [1.82, 2.24) is 14.9 Å². The van der Waals surface area contributed by atoms with Crippen molar-refractivity contribution >= 4 is 11.3 Å². The third-order valence-electron chi connectivity index (χ3n) is 4.18. The molecule has 0 fully saturated rings. The Morgan fingerprint density at radius 3 is 2.21 bits per heavy atom. The Kier molecular flexibility index (Phi) is 3.55. The van der Waals surface area contributed by atoms with E-state index in [0.717, 1.165) is 22.4 Å². The smallest absolute Gasteiger partial charge is 0.141 e. The Labute approximate surface area is 139 Å². The van der Waals surface area contributed by atoms with Crippen LogP contribution in [0.25, 0.3) is 5.57 Å². The highest BCUT2D eigenvalue weighted by molar-refractivity contribution is 6.08. The first-order valence-corrected chi connectivity index (χ1v) is 7.74. The van der Waals surface area contributed by atoms with Crippen LogP contribution in [0.2, 0.25) is 0 Å². The Hall–Kier alpha value is -3.05. The summed E-state index contributed by atoms with van der Waals surface area (Å²) < 4.78 is 1.55. The Bertz CT molecular complexity index is 886. The molecule has 2 aromatic carbocycles. The van der Waals surface area contributed by atoms with E-state index in [4.69, 9.17) is 0 Å². The molecule has 0 aliphatic heterocycles. The van der Waals surface area contributed by atoms with Crippen molar-refractivity contribution in [1.29, 1.82) is 0 Å². The van der Waals surface area contributed by atoms with Crippen molar-refractivity contribution in [3.63, 3.8) is 0 Å². The molecule has 1 heterocycles. The standard InChI is InChI=1S/C19H16N4O/c24-19(16-9-5-2-6-10-16)12-17(22-23-13-20-21-14-23)11-18(19)15-7-3-1-4-8-15/h1-11,13-14,24H,12H2/b22-17+. The van der Waals surface area contributed by atoms with E-state index in [1.807, 2.05) is 66.7 Å². The quantitative estimate of drug-likeness (QED) is 0.808. The van der Waals surface area contributed by atoms with Gasteiger partial charge in [0.05, 0.1) is 5.71 Å². The maximum absolute atomic E-state index is 11.5. The van der Waals surface area contributed by atoms with Crippen molar-refractivity contribution in [3.05, 3.63) is 90.5 Å². The summed E-state index contributed by atoms with van der Waals surface area (Å²) in [5.41, 5.74) is 2.36. The van der Waals surface area contributed by atoms with E-state index in [2.05, 4.69) is 15.3 Å². The summed E-state index contributed by atoms with van der Waals surface area (Å²) in [7, 11) is 0. The molecule has 0 amide bonds. The first kappa shape index (κ1) is 14.5. The van der Waals surface area contributed by atoms with Crippen LogP contribution in [0.15, 0.2) is 84.5 Å². The first-order chi connectivity index (χ1) is 11.8. The third-order valence-corrected chi connectivity index (χ3v) is 4.18. The molecule has 1 N–H and O–H groups in total. The molecular weight excluding hydrogens is 300 g/mol. The average Bonchev–Trinajstić information content (AvgIpc) is 3.25. The highest BCUT2D eigenvalue weighted by Crippen LogP contribution is 2.43. The fraction of sp³-hybridized carbons (Fsp3) is 0.105. The lowest BCUT2D eigenvalue weighted by atomic mass is 9.84. The summed E-state index contributed by atoms with van der Waals surface area (Å²) in [5, 5.41) is 23.5. The predicted molar refractivity (Wildman–Crippen MR) is 92.2 cm³/mol. The van der Waals surface area contributed by atoms with Crippen molar-refractivity contribution in [2.24, 2.45) is 5.10 Å². The summed E-state index contributed by atoms with van der Waals surface area (Å²) >= 11 is 0. The van der Waals surface area contributed by atoms with Gasteiger partial charge >= 0.3 is 0 Å². The molecule has 0 radical (unpaired) electrons. The number of hydrogen-bond acceptors (Lipinski definition) is 4. The fourth-order valence-electron chi connectivity index (χ4n) is 3.07. The second-order valence-electron chi connectivity index (χ2n) is 5.76.